The van der Waals surface area contributed by atoms with E-state index in [1.165, 1.54) is 69.8 Å². The highest BCUT2D eigenvalue weighted by molar-refractivity contribution is 5.08. The number of hydrogen-bond acceptors (Lipinski definition) is 2. The van der Waals surface area contributed by atoms with Gasteiger partial charge in [-0.3, -0.25) is 0 Å². The normalized spacial score (nSPS) is 22.4. The van der Waals surface area contributed by atoms with Gasteiger partial charge in [0.2, 0.25) is 0 Å². The van der Waals surface area contributed by atoms with Gasteiger partial charge in [-0.1, -0.05) is 46.0 Å². The van der Waals surface area contributed by atoms with Crippen molar-refractivity contribution >= 4 is 0 Å². The minimum absolute atomic E-state index is 0.618. The third-order valence-corrected chi connectivity index (χ3v) is 4.97. The smallest absolute Gasteiger partial charge is 0.131 e. The Labute approximate surface area is 130 Å². The van der Waals surface area contributed by atoms with Crippen LogP contribution in [0.5, 0.6) is 0 Å². The Morgan fingerprint density at radius 2 is 1.57 bits per heavy atom. The van der Waals surface area contributed by atoms with Gasteiger partial charge < -0.3 is 0 Å². The van der Waals surface area contributed by atoms with E-state index in [-0.39, 0.29) is 0 Å². The molecule has 0 radical (unpaired) electrons. The fraction of sp³-hybridized carbons (Fsp3) is 0.789. The van der Waals surface area contributed by atoms with Crippen LogP contribution in [0.4, 0.5) is 0 Å². The lowest BCUT2D eigenvalue weighted by Crippen LogP contribution is -2.15. The first-order valence-corrected chi connectivity index (χ1v) is 9.14. The van der Waals surface area contributed by atoms with Crippen molar-refractivity contribution in [3.8, 4) is 0 Å². The van der Waals surface area contributed by atoms with Crippen LogP contribution in [0.3, 0.4) is 0 Å². The van der Waals surface area contributed by atoms with E-state index in [9.17, 15) is 0 Å². The van der Waals surface area contributed by atoms with Crippen LogP contribution >= 0.6 is 0 Å². The molecule has 0 N–H and O–H groups in total. The Kier molecular flexibility index (Phi) is 7.18. The summed E-state index contributed by atoms with van der Waals surface area (Å²) in [6.07, 6.45) is 18.7. The standard InChI is InChI=1S/C19H32N2/c1-3-5-7-9-16-10-12-18(13-11-16)19-20-14-17(15-21-19)8-6-4-2/h14-16,18H,3-13H2,1-2H3. The molecular weight excluding hydrogens is 256 g/mol. The van der Waals surface area contributed by atoms with Crippen LogP contribution in [-0.2, 0) is 6.42 Å². The molecule has 1 heterocycles. The van der Waals surface area contributed by atoms with E-state index in [0.717, 1.165) is 18.2 Å². The summed E-state index contributed by atoms with van der Waals surface area (Å²) in [4.78, 5) is 9.29. The van der Waals surface area contributed by atoms with Gasteiger partial charge in [0.1, 0.15) is 5.82 Å². The van der Waals surface area contributed by atoms with E-state index in [1.54, 1.807) is 0 Å². The van der Waals surface area contributed by atoms with E-state index in [4.69, 9.17) is 0 Å². The van der Waals surface area contributed by atoms with Crippen molar-refractivity contribution in [2.24, 2.45) is 5.92 Å². The second-order valence-electron chi connectivity index (χ2n) is 6.77. The maximum atomic E-state index is 4.64. The predicted molar refractivity (Wildman–Crippen MR) is 89.5 cm³/mol. The first-order valence-electron chi connectivity index (χ1n) is 9.14. The number of rotatable bonds is 8. The molecule has 0 spiro atoms. The number of unbranched alkanes of at least 4 members (excludes halogenated alkanes) is 3. The number of nitrogens with zero attached hydrogens (tertiary/aromatic N) is 2. The Bertz CT molecular complexity index is 377. The summed E-state index contributed by atoms with van der Waals surface area (Å²) >= 11 is 0. The van der Waals surface area contributed by atoms with E-state index in [2.05, 4.69) is 36.2 Å². The van der Waals surface area contributed by atoms with Gasteiger partial charge in [-0.25, -0.2) is 9.97 Å². The first kappa shape index (κ1) is 16.5. The van der Waals surface area contributed by atoms with Gasteiger partial charge in [0.15, 0.2) is 0 Å². The molecular formula is C19H32N2. The molecule has 2 heteroatoms. The minimum atomic E-state index is 0.618. The molecule has 2 rings (SSSR count). The summed E-state index contributed by atoms with van der Waals surface area (Å²) in [5, 5.41) is 0. The van der Waals surface area contributed by atoms with Gasteiger partial charge in [-0.2, -0.15) is 0 Å². The molecule has 21 heavy (non-hydrogen) atoms. The van der Waals surface area contributed by atoms with Crippen LogP contribution in [-0.4, -0.2) is 9.97 Å². The van der Waals surface area contributed by atoms with Crippen molar-refractivity contribution in [1.29, 1.82) is 0 Å². The zero-order valence-corrected chi connectivity index (χ0v) is 14.0. The van der Waals surface area contributed by atoms with Crippen molar-refractivity contribution < 1.29 is 0 Å². The highest BCUT2D eigenvalue weighted by Crippen LogP contribution is 2.36. The number of aryl methyl sites for hydroxylation is 1. The van der Waals surface area contributed by atoms with E-state index in [1.807, 2.05) is 0 Å². The van der Waals surface area contributed by atoms with Crippen molar-refractivity contribution in [3.05, 3.63) is 23.8 Å². The topological polar surface area (TPSA) is 25.8 Å². The summed E-state index contributed by atoms with van der Waals surface area (Å²) in [6, 6.07) is 0. The third kappa shape index (κ3) is 5.41. The van der Waals surface area contributed by atoms with Gasteiger partial charge in [0, 0.05) is 18.3 Å². The van der Waals surface area contributed by atoms with Crippen molar-refractivity contribution in [2.45, 2.75) is 90.4 Å². The fourth-order valence-corrected chi connectivity index (χ4v) is 3.48. The molecule has 2 nitrogen and oxygen atoms in total. The molecule has 1 aliphatic carbocycles. The molecule has 0 bridgehead atoms. The van der Waals surface area contributed by atoms with Crippen LogP contribution in [0.25, 0.3) is 0 Å². The molecule has 0 atom stereocenters. The van der Waals surface area contributed by atoms with Crippen LogP contribution in [0.15, 0.2) is 12.4 Å². The Balaban J connectivity index is 1.76. The minimum Gasteiger partial charge on any atom is -0.241 e. The number of hydrogen-bond donors (Lipinski definition) is 0. The van der Waals surface area contributed by atoms with Crippen molar-refractivity contribution in [2.75, 3.05) is 0 Å². The largest absolute Gasteiger partial charge is 0.241 e. The third-order valence-electron chi connectivity index (χ3n) is 4.97. The Hall–Kier alpha value is -0.920. The molecule has 1 aliphatic rings. The van der Waals surface area contributed by atoms with Crippen LogP contribution in [0.2, 0.25) is 0 Å². The fourth-order valence-electron chi connectivity index (χ4n) is 3.48. The Morgan fingerprint density at radius 3 is 2.19 bits per heavy atom. The molecule has 1 saturated carbocycles. The molecule has 118 valence electrons. The molecule has 0 amide bonds. The van der Waals surface area contributed by atoms with Crippen molar-refractivity contribution in [1.82, 2.24) is 9.97 Å². The highest BCUT2D eigenvalue weighted by atomic mass is 14.9. The summed E-state index contributed by atoms with van der Waals surface area (Å²) in [6.45, 7) is 4.52. The molecule has 0 unspecified atom stereocenters. The molecule has 0 saturated heterocycles. The van der Waals surface area contributed by atoms with Crippen LogP contribution in [0, 0.1) is 5.92 Å². The van der Waals surface area contributed by atoms with Gasteiger partial charge in [-0.15, -0.1) is 0 Å². The average Bonchev–Trinajstić information content (AvgIpc) is 2.54. The summed E-state index contributed by atoms with van der Waals surface area (Å²) < 4.78 is 0. The summed E-state index contributed by atoms with van der Waals surface area (Å²) in [5.74, 6) is 2.69. The number of aromatic nitrogens is 2. The van der Waals surface area contributed by atoms with E-state index in [0.29, 0.717) is 5.92 Å². The second kappa shape index (κ2) is 9.17. The maximum absolute atomic E-state index is 4.64. The first-order chi connectivity index (χ1) is 10.3. The molecule has 1 aromatic rings. The summed E-state index contributed by atoms with van der Waals surface area (Å²) in [7, 11) is 0. The molecule has 1 aromatic heterocycles. The van der Waals surface area contributed by atoms with Gasteiger partial charge in [0.25, 0.3) is 0 Å². The lowest BCUT2D eigenvalue weighted by atomic mass is 9.79. The van der Waals surface area contributed by atoms with Gasteiger partial charge in [0.05, 0.1) is 0 Å². The second-order valence-corrected chi connectivity index (χ2v) is 6.77. The van der Waals surface area contributed by atoms with Crippen LogP contribution < -0.4 is 0 Å². The zero-order valence-electron chi connectivity index (χ0n) is 14.0. The highest BCUT2D eigenvalue weighted by Gasteiger charge is 2.23. The lowest BCUT2D eigenvalue weighted by Gasteiger charge is -2.27. The van der Waals surface area contributed by atoms with Crippen molar-refractivity contribution in [3.63, 3.8) is 0 Å². The quantitative estimate of drug-likeness (QED) is 0.576. The monoisotopic (exact) mass is 288 g/mol. The average molecular weight is 288 g/mol. The van der Waals surface area contributed by atoms with Gasteiger partial charge in [-0.05, 0) is 50.0 Å². The zero-order chi connectivity index (χ0) is 14.9. The maximum Gasteiger partial charge on any atom is 0.131 e. The lowest BCUT2D eigenvalue weighted by molar-refractivity contribution is 0.297. The van der Waals surface area contributed by atoms with Crippen LogP contribution in [0.1, 0.15) is 95.4 Å². The molecule has 0 aromatic carbocycles. The molecule has 0 aliphatic heterocycles. The Morgan fingerprint density at radius 1 is 0.905 bits per heavy atom. The predicted octanol–water partition coefficient (Wildman–Crippen LogP) is 5.67. The summed E-state index contributed by atoms with van der Waals surface area (Å²) in [5.41, 5.74) is 1.30. The van der Waals surface area contributed by atoms with E-state index >= 15 is 0 Å². The van der Waals surface area contributed by atoms with Gasteiger partial charge >= 0.3 is 0 Å². The molecule has 1 fully saturated rings. The van der Waals surface area contributed by atoms with E-state index < -0.39 is 0 Å². The SMILES string of the molecule is CCCCCC1CCC(c2ncc(CCCC)cn2)CC1.